The quantitative estimate of drug-likeness (QED) is 0.697. The molecule has 1 amide bonds. The van der Waals surface area contributed by atoms with Crippen LogP contribution in [0.2, 0.25) is 0 Å². The normalized spacial score (nSPS) is 16.7. The Morgan fingerprint density at radius 2 is 2.17 bits per heavy atom. The Balaban J connectivity index is 1.37. The minimum atomic E-state index is -0.353. The summed E-state index contributed by atoms with van der Waals surface area (Å²) in [6.45, 7) is 1.65. The highest BCUT2D eigenvalue weighted by Gasteiger charge is 2.27. The molecule has 2 aromatic carbocycles. The number of anilines is 1. The van der Waals surface area contributed by atoms with Crippen LogP contribution in [0.4, 0.5) is 10.1 Å². The first-order chi connectivity index (χ1) is 14.6. The zero-order valence-electron chi connectivity index (χ0n) is 16.2. The van der Waals surface area contributed by atoms with E-state index in [9.17, 15) is 9.18 Å². The molecule has 1 fully saturated rings. The second-order valence-corrected chi connectivity index (χ2v) is 7.28. The van der Waals surface area contributed by atoms with Gasteiger partial charge in [0, 0.05) is 17.8 Å². The van der Waals surface area contributed by atoms with E-state index in [-0.39, 0.29) is 24.2 Å². The van der Waals surface area contributed by atoms with Gasteiger partial charge in [0.2, 0.25) is 17.6 Å². The molecule has 152 valence electrons. The molecule has 1 aromatic heterocycles. The molecule has 1 aliphatic rings. The molecule has 30 heavy (non-hydrogen) atoms. The van der Waals surface area contributed by atoms with Crippen molar-refractivity contribution in [3.8, 4) is 17.5 Å². The van der Waals surface area contributed by atoms with Crippen LogP contribution in [-0.2, 0) is 4.79 Å². The number of piperidine rings is 1. The number of nitriles is 1. The maximum Gasteiger partial charge on any atom is 0.238 e. The van der Waals surface area contributed by atoms with E-state index in [1.165, 1.54) is 12.1 Å². The summed E-state index contributed by atoms with van der Waals surface area (Å²) in [5.74, 6) is 0.381. The summed E-state index contributed by atoms with van der Waals surface area (Å²) in [4.78, 5) is 18.9. The van der Waals surface area contributed by atoms with Crippen molar-refractivity contribution in [1.82, 2.24) is 15.0 Å². The van der Waals surface area contributed by atoms with Crippen molar-refractivity contribution in [2.45, 2.75) is 18.8 Å². The lowest BCUT2D eigenvalue weighted by molar-refractivity contribution is -0.117. The van der Waals surface area contributed by atoms with Gasteiger partial charge in [0.1, 0.15) is 5.82 Å². The molecule has 4 rings (SSSR count). The molecule has 8 heteroatoms. The van der Waals surface area contributed by atoms with Crippen molar-refractivity contribution >= 4 is 11.6 Å². The minimum absolute atomic E-state index is 0.0169. The summed E-state index contributed by atoms with van der Waals surface area (Å²) in [5, 5.41) is 15.8. The average Bonchev–Trinajstić information content (AvgIpc) is 3.24. The molecule has 0 bridgehead atoms. The second-order valence-electron chi connectivity index (χ2n) is 7.28. The molecule has 0 aliphatic carbocycles. The number of benzene rings is 2. The topological polar surface area (TPSA) is 95.1 Å². The summed E-state index contributed by atoms with van der Waals surface area (Å²) in [7, 11) is 0. The van der Waals surface area contributed by atoms with Crippen molar-refractivity contribution in [2.75, 3.05) is 25.0 Å². The van der Waals surface area contributed by atoms with Crippen LogP contribution in [0, 0.1) is 17.1 Å². The molecule has 0 radical (unpaired) electrons. The van der Waals surface area contributed by atoms with Gasteiger partial charge in [0.25, 0.3) is 0 Å². The number of likely N-dealkylation sites (tertiary alicyclic amines) is 1. The van der Waals surface area contributed by atoms with Gasteiger partial charge < -0.3 is 9.84 Å². The molecule has 0 saturated carbocycles. The Hall–Kier alpha value is -3.57. The van der Waals surface area contributed by atoms with Gasteiger partial charge in [-0.25, -0.2) is 4.39 Å². The molecule has 1 atom stereocenters. The van der Waals surface area contributed by atoms with Crippen LogP contribution in [-0.4, -0.2) is 40.6 Å². The van der Waals surface area contributed by atoms with Gasteiger partial charge in [0.15, 0.2) is 0 Å². The van der Waals surface area contributed by atoms with Gasteiger partial charge in [-0.1, -0.05) is 23.4 Å². The zero-order valence-corrected chi connectivity index (χ0v) is 16.2. The van der Waals surface area contributed by atoms with E-state index in [2.05, 4.69) is 21.5 Å². The number of amides is 1. The second kappa shape index (κ2) is 8.84. The number of hydrogen-bond acceptors (Lipinski definition) is 6. The molecule has 3 aromatic rings. The van der Waals surface area contributed by atoms with E-state index < -0.39 is 0 Å². The first-order valence-corrected chi connectivity index (χ1v) is 9.72. The zero-order chi connectivity index (χ0) is 20.9. The predicted octanol–water partition coefficient (Wildman–Crippen LogP) is 3.57. The number of nitrogens with one attached hydrogen (secondary N) is 1. The first-order valence-electron chi connectivity index (χ1n) is 9.72. The summed E-state index contributed by atoms with van der Waals surface area (Å²) in [6, 6.07) is 14.9. The third kappa shape index (κ3) is 4.70. The number of carbonyl (C=O) groups excluding carboxylic acids is 1. The summed E-state index contributed by atoms with van der Waals surface area (Å²) < 4.78 is 18.9. The van der Waals surface area contributed by atoms with Crippen molar-refractivity contribution in [1.29, 1.82) is 5.26 Å². The third-order valence-corrected chi connectivity index (χ3v) is 5.02. The van der Waals surface area contributed by atoms with E-state index in [0.29, 0.717) is 35.1 Å². The molecule has 1 saturated heterocycles. The highest BCUT2D eigenvalue weighted by molar-refractivity contribution is 5.92. The summed E-state index contributed by atoms with van der Waals surface area (Å²) >= 11 is 0. The van der Waals surface area contributed by atoms with E-state index in [4.69, 9.17) is 9.78 Å². The van der Waals surface area contributed by atoms with Crippen LogP contribution in [0.15, 0.2) is 53.1 Å². The van der Waals surface area contributed by atoms with Gasteiger partial charge >= 0.3 is 0 Å². The van der Waals surface area contributed by atoms with Crippen LogP contribution in [0.25, 0.3) is 11.4 Å². The number of halogens is 1. The third-order valence-electron chi connectivity index (χ3n) is 5.02. The maximum absolute atomic E-state index is 13.4. The Morgan fingerprint density at radius 1 is 1.30 bits per heavy atom. The van der Waals surface area contributed by atoms with Crippen molar-refractivity contribution in [3.63, 3.8) is 0 Å². The summed E-state index contributed by atoms with van der Waals surface area (Å²) in [5.41, 5.74) is 1.66. The molecule has 1 unspecified atom stereocenters. The van der Waals surface area contributed by atoms with Gasteiger partial charge in [-0.05, 0) is 49.7 Å². The van der Waals surface area contributed by atoms with Crippen molar-refractivity contribution in [2.24, 2.45) is 0 Å². The molecular weight excluding hydrogens is 385 g/mol. The van der Waals surface area contributed by atoms with Crippen LogP contribution >= 0.6 is 0 Å². The van der Waals surface area contributed by atoms with Crippen LogP contribution in [0.5, 0.6) is 0 Å². The number of hydrogen-bond donors (Lipinski definition) is 1. The Morgan fingerprint density at radius 3 is 3.00 bits per heavy atom. The lowest BCUT2D eigenvalue weighted by atomic mass is 9.98. The highest BCUT2D eigenvalue weighted by atomic mass is 19.1. The molecule has 1 N–H and O–H groups in total. The standard InChI is InChI=1S/C22H20FN5O2/c23-18-7-2-5-16(11-18)21-26-22(30-27-21)17-6-3-9-28(13-17)14-20(29)25-19-8-1-4-15(10-19)12-24/h1-2,4-5,7-8,10-11,17H,3,6,9,13-14H2,(H,25,29). The van der Waals surface area contributed by atoms with E-state index in [0.717, 1.165) is 19.4 Å². The van der Waals surface area contributed by atoms with Gasteiger partial charge in [-0.2, -0.15) is 10.2 Å². The average molecular weight is 405 g/mol. The Labute approximate surface area is 173 Å². The smallest absolute Gasteiger partial charge is 0.238 e. The predicted molar refractivity (Wildman–Crippen MR) is 108 cm³/mol. The monoisotopic (exact) mass is 405 g/mol. The number of carbonyl (C=O) groups is 1. The summed E-state index contributed by atoms with van der Waals surface area (Å²) in [6.07, 6.45) is 1.78. The van der Waals surface area contributed by atoms with E-state index in [1.54, 1.807) is 36.4 Å². The number of rotatable bonds is 5. The molecule has 2 heterocycles. The minimum Gasteiger partial charge on any atom is -0.339 e. The molecular formula is C22H20FN5O2. The fourth-order valence-corrected chi connectivity index (χ4v) is 3.62. The fraction of sp³-hybridized carbons (Fsp3) is 0.273. The first kappa shape index (κ1) is 19.7. The molecule has 1 aliphatic heterocycles. The lowest BCUT2D eigenvalue weighted by Crippen LogP contribution is -2.39. The SMILES string of the molecule is N#Cc1cccc(NC(=O)CN2CCCC(c3nc(-c4cccc(F)c4)no3)C2)c1. The number of nitrogens with zero attached hydrogens (tertiary/aromatic N) is 4. The van der Waals surface area contributed by atoms with Crippen molar-refractivity contribution < 1.29 is 13.7 Å². The van der Waals surface area contributed by atoms with Crippen molar-refractivity contribution in [3.05, 3.63) is 65.8 Å². The van der Waals surface area contributed by atoms with Gasteiger partial charge in [0.05, 0.1) is 24.1 Å². The van der Waals surface area contributed by atoms with Crippen LogP contribution < -0.4 is 5.32 Å². The molecule has 7 nitrogen and oxygen atoms in total. The van der Waals surface area contributed by atoms with Crippen LogP contribution in [0.3, 0.4) is 0 Å². The lowest BCUT2D eigenvalue weighted by Gasteiger charge is -2.30. The van der Waals surface area contributed by atoms with E-state index in [1.807, 2.05) is 4.90 Å². The van der Waals surface area contributed by atoms with Crippen LogP contribution in [0.1, 0.15) is 30.2 Å². The maximum atomic E-state index is 13.4. The van der Waals surface area contributed by atoms with Gasteiger partial charge in [-0.3, -0.25) is 9.69 Å². The fourth-order valence-electron chi connectivity index (χ4n) is 3.62. The molecule has 0 spiro atoms. The largest absolute Gasteiger partial charge is 0.339 e. The van der Waals surface area contributed by atoms with Gasteiger partial charge in [-0.15, -0.1) is 0 Å². The Bertz CT molecular complexity index is 1090. The highest BCUT2D eigenvalue weighted by Crippen LogP contribution is 2.27. The number of aromatic nitrogens is 2. The van der Waals surface area contributed by atoms with E-state index >= 15 is 0 Å². The Kier molecular flexibility index (Phi) is 5.82.